The number of carbonyl (C=O) groups excluding carboxylic acids is 1. The number of rotatable bonds is 7. The summed E-state index contributed by atoms with van der Waals surface area (Å²) in [4.78, 5) is 20.4. The Labute approximate surface area is 191 Å². The van der Waals surface area contributed by atoms with E-state index in [1.54, 1.807) is 36.3 Å². The summed E-state index contributed by atoms with van der Waals surface area (Å²) in [6, 6.07) is 20.8. The summed E-state index contributed by atoms with van der Waals surface area (Å²) in [6.07, 6.45) is 0.185. The highest BCUT2D eigenvalue weighted by molar-refractivity contribution is 6.30. The van der Waals surface area contributed by atoms with Crippen molar-refractivity contribution in [3.8, 4) is 5.75 Å². The van der Waals surface area contributed by atoms with Crippen LogP contribution in [0.4, 0.5) is 4.39 Å². The van der Waals surface area contributed by atoms with Gasteiger partial charge in [-0.15, -0.1) is 0 Å². The van der Waals surface area contributed by atoms with E-state index in [4.69, 9.17) is 21.2 Å². The van der Waals surface area contributed by atoms with E-state index in [0.717, 1.165) is 22.6 Å². The van der Waals surface area contributed by atoms with Gasteiger partial charge in [-0.3, -0.25) is 4.79 Å². The predicted molar refractivity (Wildman–Crippen MR) is 122 cm³/mol. The van der Waals surface area contributed by atoms with Gasteiger partial charge in [0, 0.05) is 18.0 Å². The molecule has 1 aliphatic heterocycles. The van der Waals surface area contributed by atoms with Crippen LogP contribution in [0, 0.1) is 5.82 Å². The van der Waals surface area contributed by atoms with Crippen molar-refractivity contribution >= 4 is 23.2 Å². The molecule has 0 saturated heterocycles. The molecule has 32 heavy (non-hydrogen) atoms. The maximum atomic E-state index is 14.3. The number of hydrogen-bond donors (Lipinski definition) is 0. The van der Waals surface area contributed by atoms with E-state index in [-0.39, 0.29) is 24.8 Å². The Morgan fingerprint density at radius 3 is 2.66 bits per heavy atom. The highest BCUT2D eigenvalue weighted by Gasteiger charge is 2.28. The van der Waals surface area contributed by atoms with Crippen LogP contribution in [0.1, 0.15) is 27.9 Å². The van der Waals surface area contributed by atoms with Gasteiger partial charge in [-0.2, -0.15) is 0 Å². The molecule has 4 rings (SSSR count). The first-order chi connectivity index (χ1) is 15.5. The zero-order valence-electron chi connectivity index (χ0n) is 17.5. The molecular formula is C25H22ClFN2O3. The normalized spacial score (nSPS) is 15.1. The zero-order valence-corrected chi connectivity index (χ0v) is 18.3. The van der Waals surface area contributed by atoms with E-state index in [1.165, 1.54) is 12.1 Å². The first kappa shape index (κ1) is 21.8. The molecule has 7 heteroatoms. The second-order valence-corrected chi connectivity index (χ2v) is 7.93. The summed E-state index contributed by atoms with van der Waals surface area (Å²) in [5.41, 5.74) is 2.58. The third kappa shape index (κ3) is 5.08. The maximum absolute atomic E-state index is 14.3. The molecule has 0 spiro atoms. The Kier molecular flexibility index (Phi) is 6.71. The van der Waals surface area contributed by atoms with Crippen molar-refractivity contribution in [2.75, 3.05) is 13.7 Å². The summed E-state index contributed by atoms with van der Waals surface area (Å²) in [5.74, 6) is -0.214. The van der Waals surface area contributed by atoms with E-state index in [1.807, 2.05) is 36.4 Å². The van der Waals surface area contributed by atoms with Crippen LogP contribution in [0.5, 0.6) is 5.75 Å². The van der Waals surface area contributed by atoms with Gasteiger partial charge >= 0.3 is 0 Å². The summed E-state index contributed by atoms with van der Waals surface area (Å²) in [7, 11) is 1.61. The fourth-order valence-corrected chi connectivity index (χ4v) is 3.82. The number of oxime groups is 1. The van der Waals surface area contributed by atoms with Crippen LogP contribution in [0.3, 0.4) is 0 Å². The number of halogens is 2. The molecule has 0 bridgehead atoms. The lowest BCUT2D eigenvalue weighted by atomic mass is 10.0. The quantitative estimate of drug-likeness (QED) is 0.487. The summed E-state index contributed by atoms with van der Waals surface area (Å²) >= 11 is 6.11. The zero-order chi connectivity index (χ0) is 22.5. The first-order valence-electron chi connectivity index (χ1n) is 10.2. The molecule has 0 N–H and O–H groups in total. The molecule has 1 aliphatic rings. The lowest BCUT2D eigenvalue weighted by Crippen LogP contribution is -2.37. The average molecular weight is 453 g/mol. The van der Waals surface area contributed by atoms with Crippen LogP contribution >= 0.6 is 11.6 Å². The van der Waals surface area contributed by atoms with Gasteiger partial charge in [0.25, 0.3) is 5.91 Å². The van der Waals surface area contributed by atoms with Crippen molar-refractivity contribution in [3.63, 3.8) is 0 Å². The Morgan fingerprint density at radius 1 is 1.16 bits per heavy atom. The molecule has 5 nitrogen and oxygen atoms in total. The predicted octanol–water partition coefficient (Wildman–Crippen LogP) is 5.32. The monoisotopic (exact) mass is 452 g/mol. The second kappa shape index (κ2) is 9.83. The van der Waals surface area contributed by atoms with Gasteiger partial charge in [0.1, 0.15) is 11.6 Å². The van der Waals surface area contributed by atoms with E-state index in [9.17, 15) is 9.18 Å². The van der Waals surface area contributed by atoms with Crippen LogP contribution in [-0.2, 0) is 11.4 Å². The van der Waals surface area contributed by atoms with Gasteiger partial charge < -0.3 is 14.5 Å². The molecule has 3 aromatic rings. The van der Waals surface area contributed by atoms with Crippen molar-refractivity contribution in [3.05, 3.63) is 100 Å². The minimum absolute atomic E-state index is 0.0174. The van der Waals surface area contributed by atoms with Crippen molar-refractivity contribution in [2.24, 2.45) is 5.16 Å². The Bertz CT molecular complexity index is 1130. The van der Waals surface area contributed by atoms with Crippen LogP contribution in [0.2, 0.25) is 5.02 Å². The largest absolute Gasteiger partial charge is 0.497 e. The Balaban J connectivity index is 1.51. The molecular weight excluding hydrogens is 431 g/mol. The van der Waals surface area contributed by atoms with Crippen molar-refractivity contribution in [1.82, 2.24) is 4.90 Å². The SMILES string of the molecule is COc1ccc(C2=NO[C@@H](CN(Cc3cccc(Cl)c3)C(=O)c3ccccc3F)C2)cc1. The average Bonchev–Trinajstić information content (AvgIpc) is 3.27. The topological polar surface area (TPSA) is 51.1 Å². The number of amides is 1. The minimum Gasteiger partial charge on any atom is -0.497 e. The van der Waals surface area contributed by atoms with Gasteiger partial charge in [0.15, 0.2) is 6.10 Å². The molecule has 3 aromatic carbocycles. The van der Waals surface area contributed by atoms with Crippen LogP contribution < -0.4 is 4.74 Å². The summed E-state index contributed by atoms with van der Waals surface area (Å²) in [5, 5.41) is 4.78. The lowest BCUT2D eigenvalue weighted by Gasteiger charge is -2.25. The molecule has 0 radical (unpaired) electrons. The third-order valence-electron chi connectivity index (χ3n) is 5.23. The summed E-state index contributed by atoms with van der Waals surface area (Å²) in [6.45, 7) is 0.522. The molecule has 1 amide bonds. The molecule has 1 atom stereocenters. The van der Waals surface area contributed by atoms with Crippen molar-refractivity contribution < 1.29 is 18.8 Å². The number of ether oxygens (including phenoxy) is 1. The number of carbonyl (C=O) groups is 1. The fraction of sp³-hybridized carbons (Fsp3) is 0.200. The Morgan fingerprint density at radius 2 is 1.94 bits per heavy atom. The molecule has 1 heterocycles. The fourth-order valence-electron chi connectivity index (χ4n) is 3.61. The molecule has 0 fully saturated rings. The van der Waals surface area contributed by atoms with Crippen molar-refractivity contribution in [1.29, 1.82) is 0 Å². The van der Waals surface area contributed by atoms with E-state index in [0.29, 0.717) is 11.4 Å². The number of hydrogen-bond acceptors (Lipinski definition) is 4. The standard InChI is InChI=1S/C25H22ClFN2O3/c1-31-20-11-9-18(10-12-20)24-14-21(32-28-24)16-29(15-17-5-4-6-19(26)13-17)25(30)22-7-2-3-8-23(22)27/h2-13,21H,14-16H2,1H3/t21-/m1/s1. The minimum atomic E-state index is -0.559. The van der Waals surface area contributed by atoms with E-state index in [2.05, 4.69) is 5.16 Å². The molecule has 0 aromatic heterocycles. The van der Waals surface area contributed by atoms with Gasteiger partial charge in [0.2, 0.25) is 0 Å². The molecule has 0 aliphatic carbocycles. The second-order valence-electron chi connectivity index (χ2n) is 7.49. The first-order valence-corrected chi connectivity index (χ1v) is 10.6. The van der Waals surface area contributed by atoms with Crippen LogP contribution in [0.15, 0.2) is 78.0 Å². The number of benzene rings is 3. The van der Waals surface area contributed by atoms with Gasteiger partial charge in [0.05, 0.1) is 24.9 Å². The Hall–Kier alpha value is -3.38. The van der Waals surface area contributed by atoms with Gasteiger partial charge in [-0.05, 0) is 59.7 Å². The third-order valence-corrected chi connectivity index (χ3v) is 5.47. The highest BCUT2D eigenvalue weighted by Crippen LogP contribution is 2.22. The molecule has 164 valence electrons. The van der Waals surface area contributed by atoms with E-state index >= 15 is 0 Å². The molecule has 0 unspecified atom stereocenters. The highest BCUT2D eigenvalue weighted by atomic mass is 35.5. The van der Waals surface area contributed by atoms with Crippen molar-refractivity contribution in [2.45, 2.75) is 19.1 Å². The van der Waals surface area contributed by atoms with E-state index < -0.39 is 11.7 Å². The maximum Gasteiger partial charge on any atom is 0.257 e. The van der Waals surface area contributed by atoms with Crippen LogP contribution in [-0.4, -0.2) is 36.3 Å². The summed E-state index contributed by atoms with van der Waals surface area (Å²) < 4.78 is 19.5. The number of nitrogens with zero attached hydrogens (tertiary/aromatic N) is 2. The van der Waals surface area contributed by atoms with Gasteiger partial charge in [-0.1, -0.05) is 41.0 Å². The molecule has 0 saturated carbocycles. The van der Waals surface area contributed by atoms with Crippen LogP contribution in [0.25, 0.3) is 0 Å². The van der Waals surface area contributed by atoms with Gasteiger partial charge in [-0.25, -0.2) is 4.39 Å². The smallest absolute Gasteiger partial charge is 0.257 e. The lowest BCUT2D eigenvalue weighted by molar-refractivity contribution is 0.0402. The number of methoxy groups -OCH3 is 1.